The highest BCUT2D eigenvalue weighted by molar-refractivity contribution is 5.22. The Labute approximate surface area is 128 Å². The van der Waals surface area contributed by atoms with Crippen LogP contribution in [0.3, 0.4) is 0 Å². The van der Waals surface area contributed by atoms with Crippen LogP contribution in [0.25, 0.3) is 0 Å². The third-order valence-corrected chi connectivity index (χ3v) is 4.01. The summed E-state index contributed by atoms with van der Waals surface area (Å²) in [4.78, 5) is 4.61. The fourth-order valence-corrected chi connectivity index (χ4v) is 2.98. The molecule has 2 N–H and O–H groups in total. The lowest BCUT2D eigenvalue weighted by molar-refractivity contribution is 0.109. The van der Waals surface area contributed by atoms with Crippen molar-refractivity contribution >= 4 is 0 Å². The van der Waals surface area contributed by atoms with Crippen LogP contribution in [0.2, 0.25) is 0 Å². The van der Waals surface area contributed by atoms with Crippen LogP contribution in [0.15, 0.2) is 24.3 Å². The van der Waals surface area contributed by atoms with E-state index in [1.54, 1.807) is 0 Å². The minimum Gasteiger partial charge on any atom is -0.326 e. The van der Waals surface area contributed by atoms with Gasteiger partial charge in [0.25, 0.3) is 0 Å². The minimum atomic E-state index is -0.202. The lowest BCUT2D eigenvalue weighted by Crippen LogP contribution is -2.48. The standard InChI is InChI=1S/C17H30FN3/c1-6-16(19)17(14-8-10-15(18)11-9-14)21(7-2)13(3)12-20(4)5/h8-11,13,16-17H,6-7,12,19H2,1-5H3. The van der Waals surface area contributed by atoms with Crippen LogP contribution in [0.5, 0.6) is 0 Å². The first kappa shape index (κ1) is 18.1. The maximum atomic E-state index is 13.2. The van der Waals surface area contributed by atoms with Crippen molar-refractivity contribution in [1.82, 2.24) is 9.80 Å². The van der Waals surface area contributed by atoms with E-state index in [-0.39, 0.29) is 17.9 Å². The smallest absolute Gasteiger partial charge is 0.123 e. The van der Waals surface area contributed by atoms with Crippen LogP contribution in [0, 0.1) is 5.82 Å². The highest BCUT2D eigenvalue weighted by Gasteiger charge is 2.28. The van der Waals surface area contributed by atoms with Crippen molar-refractivity contribution in [2.45, 2.75) is 45.3 Å². The van der Waals surface area contributed by atoms with Crippen molar-refractivity contribution in [3.63, 3.8) is 0 Å². The molecule has 0 aliphatic carbocycles. The van der Waals surface area contributed by atoms with E-state index in [1.165, 1.54) is 12.1 Å². The summed E-state index contributed by atoms with van der Waals surface area (Å²) in [5.74, 6) is -0.202. The molecule has 4 heteroatoms. The van der Waals surface area contributed by atoms with Crippen molar-refractivity contribution in [3.8, 4) is 0 Å². The Hall–Kier alpha value is -0.970. The summed E-state index contributed by atoms with van der Waals surface area (Å²) in [6.45, 7) is 8.38. The van der Waals surface area contributed by atoms with Gasteiger partial charge >= 0.3 is 0 Å². The zero-order valence-electron chi connectivity index (χ0n) is 14.0. The third kappa shape index (κ3) is 5.06. The second kappa shape index (κ2) is 8.47. The van der Waals surface area contributed by atoms with Crippen molar-refractivity contribution in [2.75, 3.05) is 27.2 Å². The van der Waals surface area contributed by atoms with Crippen LogP contribution in [-0.4, -0.2) is 49.1 Å². The van der Waals surface area contributed by atoms with Gasteiger partial charge in [-0.05, 0) is 51.7 Å². The molecule has 0 aliphatic heterocycles. The highest BCUT2D eigenvalue weighted by Crippen LogP contribution is 2.27. The molecule has 1 aromatic carbocycles. The maximum absolute atomic E-state index is 13.2. The van der Waals surface area contributed by atoms with Gasteiger partial charge in [-0.2, -0.15) is 0 Å². The fraction of sp³-hybridized carbons (Fsp3) is 0.647. The lowest BCUT2D eigenvalue weighted by Gasteiger charge is -2.40. The molecule has 0 bridgehead atoms. The van der Waals surface area contributed by atoms with E-state index in [4.69, 9.17) is 5.73 Å². The summed E-state index contributed by atoms with van der Waals surface area (Å²) >= 11 is 0. The molecule has 0 aromatic heterocycles. The summed E-state index contributed by atoms with van der Waals surface area (Å²) in [6.07, 6.45) is 0.896. The van der Waals surface area contributed by atoms with E-state index in [2.05, 4.69) is 44.7 Å². The van der Waals surface area contributed by atoms with Gasteiger partial charge in [0.2, 0.25) is 0 Å². The van der Waals surface area contributed by atoms with Gasteiger partial charge in [0.05, 0.1) is 6.04 Å². The predicted octanol–water partition coefficient (Wildman–Crippen LogP) is 2.88. The molecule has 0 saturated carbocycles. The highest BCUT2D eigenvalue weighted by atomic mass is 19.1. The van der Waals surface area contributed by atoms with Gasteiger partial charge in [-0.15, -0.1) is 0 Å². The first-order chi connectivity index (χ1) is 9.90. The quantitative estimate of drug-likeness (QED) is 0.800. The number of likely N-dealkylation sites (N-methyl/N-ethyl adjacent to an activating group) is 2. The normalized spacial score (nSPS) is 16.2. The molecule has 0 spiro atoms. The summed E-state index contributed by atoms with van der Waals surface area (Å²) in [5.41, 5.74) is 7.48. The number of benzene rings is 1. The van der Waals surface area contributed by atoms with Crippen LogP contribution < -0.4 is 5.73 Å². The number of hydrogen-bond donors (Lipinski definition) is 1. The molecule has 0 saturated heterocycles. The van der Waals surface area contributed by atoms with E-state index in [1.807, 2.05) is 12.1 Å². The van der Waals surface area contributed by atoms with E-state index in [0.29, 0.717) is 6.04 Å². The lowest BCUT2D eigenvalue weighted by atomic mass is 9.95. The third-order valence-electron chi connectivity index (χ3n) is 4.01. The Bertz CT molecular complexity index is 405. The van der Waals surface area contributed by atoms with Gasteiger partial charge in [-0.3, -0.25) is 4.90 Å². The maximum Gasteiger partial charge on any atom is 0.123 e. The monoisotopic (exact) mass is 295 g/mol. The molecule has 3 unspecified atom stereocenters. The first-order valence-corrected chi connectivity index (χ1v) is 7.82. The van der Waals surface area contributed by atoms with Gasteiger partial charge in [-0.1, -0.05) is 26.0 Å². The molecule has 3 atom stereocenters. The van der Waals surface area contributed by atoms with E-state index >= 15 is 0 Å². The minimum absolute atomic E-state index is 0.0417. The molecule has 0 amide bonds. The Morgan fingerprint density at radius 1 is 1.14 bits per heavy atom. The summed E-state index contributed by atoms with van der Waals surface area (Å²) in [6, 6.07) is 7.32. The number of nitrogens with zero attached hydrogens (tertiary/aromatic N) is 2. The van der Waals surface area contributed by atoms with Crippen molar-refractivity contribution in [2.24, 2.45) is 5.73 Å². The SMILES string of the molecule is CCC(N)C(c1ccc(F)cc1)N(CC)C(C)CN(C)C. The fourth-order valence-electron chi connectivity index (χ4n) is 2.98. The average molecular weight is 295 g/mol. The van der Waals surface area contributed by atoms with Crippen LogP contribution in [0.1, 0.15) is 38.8 Å². The van der Waals surface area contributed by atoms with Gasteiger partial charge in [0, 0.05) is 18.6 Å². The molecular formula is C17H30FN3. The second-order valence-electron chi connectivity index (χ2n) is 6.01. The van der Waals surface area contributed by atoms with Gasteiger partial charge < -0.3 is 10.6 Å². The van der Waals surface area contributed by atoms with Crippen LogP contribution in [0.4, 0.5) is 4.39 Å². The van der Waals surface area contributed by atoms with Crippen molar-refractivity contribution in [3.05, 3.63) is 35.6 Å². The van der Waals surface area contributed by atoms with E-state index in [0.717, 1.165) is 25.1 Å². The number of hydrogen-bond acceptors (Lipinski definition) is 3. The molecule has 0 fully saturated rings. The molecule has 21 heavy (non-hydrogen) atoms. The first-order valence-electron chi connectivity index (χ1n) is 7.82. The molecule has 1 rings (SSSR count). The molecule has 0 heterocycles. The number of nitrogens with two attached hydrogens (primary N) is 1. The zero-order chi connectivity index (χ0) is 16.0. The van der Waals surface area contributed by atoms with Crippen molar-refractivity contribution < 1.29 is 4.39 Å². The Morgan fingerprint density at radius 3 is 2.14 bits per heavy atom. The van der Waals surface area contributed by atoms with Gasteiger partial charge in [0.1, 0.15) is 5.82 Å². The molecule has 1 aromatic rings. The second-order valence-corrected chi connectivity index (χ2v) is 6.01. The summed E-state index contributed by atoms with van der Waals surface area (Å²) in [7, 11) is 4.16. The molecule has 0 aliphatic rings. The summed E-state index contributed by atoms with van der Waals surface area (Å²) < 4.78 is 13.2. The van der Waals surface area contributed by atoms with Gasteiger partial charge in [-0.25, -0.2) is 4.39 Å². The van der Waals surface area contributed by atoms with Crippen molar-refractivity contribution in [1.29, 1.82) is 0 Å². The predicted molar refractivity (Wildman–Crippen MR) is 87.8 cm³/mol. The van der Waals surface area contributed by atoms with E-state index in [9.17, 15) is 4.39 Å². The number of rotatable bonds is 8. The number of halogens is 1. The summed E-state index contributed by atoms with van der Waals surface area (Å²) in [5, 5.41) is 0. The molecule has 120 valence electrons. The van der Waals surface area contributed by atoms with Gasteiger partial charge in [0.15, 0.2) is 0 Å². The van der Waals surface area contributed by atoms with Crippen LogP contribution in [-0.2, 0) is 0 Å². The Kier molecular flexibility index (Phi) is 7.29. The Balaban J connectivity index is 3.06. The largest absolute Gasteiger partial charge is 0.326 e. The molecule has 0 radical (unpaired) electrons. The van der Waals surface area contributed by atoms with Crippen LogP contribution >= 0.6 is 0 Å². The Morgan fingerprint density at radius 2 is 1.71 bits per heavy atom. The zero-order valence-corrected chi connectivity index (χ0v) is 14.0. The van der Waals surface area contributed by atoms with E-state index < -0.39 is 0 Å². The molecule has 3 nitrogen and oxygen atoms in total. The topological polar surface area (TPSA) is 32.5 Å². The molecular weight excluding hydrogens is 265 g/mol. The average Bonchev–Trinajstić information content (AvgIpc) is 2.44.